The topological polar surface area (TPSA) is 21.3 Å². The lowest BCUT2D eigenvalue weighted by molar-refractivity contribution is 0.0271. The van der Waals surface area contributed by atoms with Crippen molar-refractivity contribution >= 4 is 0 Å². The summed E-state index contributed by atoms with van der Waals surface area (Å²) in [5.41, 5.74) is 1.05. The zero-order valence-electron chi connectivity index (χ0n) is 13.1. The average Bonchev–Trinajstić information content (AvgIpc) is 2.48. The van der Waals surface area contributed by atoms with Crippen molar-refractivity contribution in [3.63, 3.8) is 0 Å². The number of nitrogens with one attached hydrogen (secondary N) is 1. The smallest absolute Gasteiger partial charge is 0.123 e. The molecule has 0 radical (unpaired) electrons. The number of benzene rings is 1. The molecule has 1 unspecified atom stereocenters. The number of rotatable bonds is 8. The largest absolute Gasteiger partial charge is 0.378 e. The maximum absolute atomic E-state index is 13.1. The van der Waals surface area contributed by atoms with Crippen molar-refractivity contribution in [2.24, 2.45) is 0 Å². The molecule has 1 atom stereocenters. The molecule has 3 heteroatoms. The summed E-state index contributed by atoms with van der Waals surface area (Å²) in [6, 6.07) is 7.22. The van der Waals surface area contributed by atoms with E-state index in [0.717, 1.165) is 31.6 Å². The third-order valence-electron chi connectivity index (χ3n) is 4.15. The van der Waals surface area contributed by atoms with Gasteiger partial charge in [0.25, 0.3) is 0 Å². The molecule has 2 rings (SSSR count). The SMILES string of the molecule is CC(Cc1cccc(F)c1)NCCCOC1CCCCC1. The molecule has 1 N–H and O–H groups in total. The summed E-state index contributed by atoms with van der Waals surface area (Å²) in [5.74, 6) is -0.152. The molecule has 0 spiro atoms. The van der Waals surface area contributed by atoms with E-state index < -0.39 is 0 Å². The van der Waals surface area contributed by atoms with Crippen LogP contribution >= 0.6 is 0 Å². The Bertz CT molecular complexity index is 404. The molecule has 1 aliphatic carbocycles. The highest BCUT2D eigenvalue weighted by molar-refractivity contribution is 5.17. The highest BCUT2D eigenvalue weighted by Crippen LogP contribution is 2.20. The van der Waals surface area contributed by atoms with Crippen molar-refractivity contribution in [1.29, 1.82) is 0 Å². The van der Waals surface area contributed by atoms with Gasteiger partial charge in [0.05, 0.1) is 6.10 Å². The third kappa shape index (κ3) is 6.58. The van der Waals surface area contributed by atoms with Crippen LogP contribution in [0.5, 0.6) is 0 Å². The van der Waals surface area contributed by atoms with E-state index in [0.29, 0.717) is 12.1 Å². The Labute approximate surface area is 128 Å². The molecule has 0 saturated heterocycles. The first-order valence-electron chi connectivity index (χ1n) is 8.33. The summed E-state index contributed by atoms with van der Waals surface area (Å²) in [6.45, 7) is 3.96. The van der Waals surface area contributed by atoms with Crippen LogP contribution in [0, 0.1) is 5.82 Å². The van der Waals surface area contributed by atoms with Gasteiger partial charge in [0.15, 0.2) is 0 Å². The molecular formula is C18H28FNO. The Hall–Kier alpha value is -0.930. The van der Waals surface area contributed by atoms with Gasteiger partial charge < -0.3 is 10.1 Å². The van der Waals surface area contributed by atoms with Gasteiger partial charge in [-0.3, -0.25) is 0 Å². The Kier molecular flexibility index (Phi) is 7.17. The van der Waals surface area contributed by atoms with E-state index in [4.69, 9.17) is 4.74 Å². The Morgan fingerprint density at radius 1 is 1.29 bits per heavy atom. The fourth-order valence-electron chi connectivity index (χ4n) is 2.99. The minimum Gasteiger partial charge on any atom is -0.378 e. The second-order valence-electron chi connectivity index (χ2n) is 6.17. The maximum Gasteiger partial charge on any atom is 0.123 e. The average molecular weight is 293 g/mol. The van der Waals surface area contributed by atoms with E-state index >= 15 is 0 Å². The normalized spacial score (nSPS) is 17.8. The zero-order valence-corrected chi connectivity index (χ0v) is 13.1. The predicted octanol–water partition coefficient (Wildman–Crippen LogP) is 4.09. The minimum absolute atomic E-state index is 0.152. The molecular weight excluding hydrogens is 265 g/mol. The molecule has 1 saturated carbocycles. The summed E-state index contributed by atoms with van der Waals surface area (Å²) in [7, 11) is 0. The molecule has 0 aliphatic heterocycles. The predicted molar refractivity (Wildman–Crippen MR) is 85.0 cm³/mol. The number of ether oxygens (including phenoxy) is 1. The first kappa shape index (κ1) is 16.4. The van der Waals surface area contributed by atoms with Crippen LogP contribution in [0.2, 0.25) is 0 Å². The molecule has 2 nitrogen and oxygen atoms in total. The second kappa shape index (κ2) is 9.16. The van der Waals surface area contributed by atoms with Crippen LogP contribution in [-0.4, -0.2) is 25.3 Å². The fraction of sp³-hybridized carbons (Fsp3) is 0.667. The summed E-state index contributed by atoms with van der Waals surface area (Å²) in [5, 5.41) is 3.49. The van der Waals surface area contributed by atoms with Crippen LogP contribution in [0.1, 0.15) is 51.0 Å². The summed E-state index contributed by atoms with van der Waals surface area (Å²) >= 11 is 0. The van der Waals surface area contributed by atoms with Gasteiger partial charge >= 0.3 is 0 Å². The van der Waals surface area contributed by atoms with Crippen molar-refractivity contribution in [3.05, 3.63) is 35.6 Å². The van der Waals surface area contributed by atoms with Crippen LogP contribution in [0.25, 0.3) is 0 Å². The van der Waals surface area contributed by atoms with Crippen LogP contribution in [-0.2, 0) is 11.2 Å². The molecule has 1 aromatic carbocycles. The van der Waals surface area contributed by atoms with Gasteiger partial charge in [-0.2, -0.15) is 0 Å². The summed E-state index contributed by atoms with van der Waals surface area (Å²) in [6.07, 6.45) is 8.92. The van der Waals surface area contributed by atoms with E-state index in [-0.39, 0.29) is 5.82 Å². The Morgan fingerprint density at radius 2 is 2.10 bits per heavy atom. The summed E-state index contributed by atoms with van der Waals surface area (Å²) < 4.78 is 19.0. The zero-order chi connectivity index (χ0) is 14.9. The molecule has 1 aromatic rings. The molecule has 0 bridgehead atoms. The number of hydrogen-bond donors (Lipinski definition) is 1. The molecule has 0 heterocycles. The van der Waals surface area contributed by atoms with E-state index in [9.17, 15) is 4.39 Å². The summed E-state index contributed by atoms with van der Waals surface area (Å²) in [4.78, 5) is 0. The van der Waals surface area contributed by atoms with Gasteiger partial charge in [-0.15, -0.1) is 0 Å². The van der Waals surface area contributed by atoms with E-state index in [1.165, 1.54) is 38.2 Å². The quantitative estimate of drug-likeness (QED) is 0.729. The van der Waals surface area contributed by atoms with E-state index in [1.807, 2.05) is 6.07 Å². The van der Waals surface area contributed by atoms with Gasteiger partial charge in [-0.1, -0.05) is 31.4 Å². The first-order chi connectivity index (χ1) is 10.2. The van der Waals surface area contributed by atoms with Gasteiger partial charge in [0.2, 0.25) is 0 Å². The van der Waals surface area contributed by atoms with Crippen molar-refractivity contribution in [1.82, 2.24) is 5.32 Å². The van der Waals surface area contributed by atoms with Gasteiger partial charge in [0, 0.05) is 12.6 Å². The van der Waals surface area contributed by atoms with Crippen LogP contribution in [0.4, 0.5) is 4.39 Å². The lowest BCUT2D eigenvalue weighted by atomic mass is 9.98. The van der Waals surface area contributed by atoms with Crippen LogP contribution in [0.15, 0.2) is 24.3 Å². The van der Waals surface area contributed by atoms with Gasteiger partial charge in [-0.05, 0) is 56.8 Å². The van der Waals surface area contributed by atoms with E-state index in [1.54, 1.807) is 12.1 Å². The van der Waals surface area contributed by atoms with Gasteiger partial charge in [-0.25, -0.2) is 4.39 Å². The van der Waals surface area contributed by atoms with Gasteiger partial charge in [0.1, 0.15) is 5.82 Å². The monoisotopic (exact) mass is 293 g/mol. The highest BCUT2D eigenvalue weighted by atomic mass is 19.1. The number of halogens is 1. The minimum atomic E-state index is -0.152. The Morgan fingerprint density at radius 3 is 2.86 bits per heavy atom. The fourth-order valence-corrected chi connectivity index (χ4v) is 2.99. The van der Waals surface area contributed by atoms with Crippen molar-refractivity contribution < 1.29 is 9.13 Å². The van der Waals surface area contributed by atoms with Crippen molar-refractivity contribution in [3.8, 4) is 0 Å². The standard InChI is InChI=1S/C18H28FNO/c1-15(13-16-7-5-8-17(19)14-16)20-11-6-12-21-18-9-3-2-4-10-18/h5,7-8,14-15,18,20H,2-4,6,9-13H2,1H3. The number of hydrogen-bond acceptors (Lipinski definition) is 2. The molecule has 1 fully saturated rings. The molecule has 118 valence electrons. The maximum atomic E-state index is 13.1. The highest BCUT2D eigenvalue weighted by Gasteiger charge is 2.13. The lowest BCUT2D eigenvalue weighted by Gasteiger charge is -2.22. The van der Waals surface area contributed by atoms with Crippen LogP contribution < -0.4 is 5.32 Å². The first-order valence-corrected chi connectivity index (χ1v) is 8.33. The molecule has 0 aromatic heterocycles. The second-order valence-corrected chi connectivity index (χ2v) is 6.17. The Balaban J connectivity index is 1.53. The van der Waals surface area contributed by atoms with Crippen LogP contribution in [0.3, 0.4) is 0 Å². The molecule has 21 heavy (non-hydrogen) atoms. The molecule has 0 amide bonds. The van der Waals surface area contributed by atoms with Crippen molar-refractivity contribution in [2.45, 2.75) is 64.0 Å². The van der Waals surface area contributed by atoms with E-state index in [2.05, 4.69) is 12.2 Å². The molecule has 1 aliphatic rings. The van der Waals surface area contributed by atoms with Crippen molar-refractivity contribution in [2.75, 3.05) is 13.2 Å². The lowest BCUT2D eigenvalue weighted by Crippen LogP contribution is -2.30. The third-order valence-corrected chi connectivity index (χ3v) is 4.15.